The molecule has 3 N–H and O–H groups in total. The second-order valence-corrected chi connectivity index (χ2v) is 19.7. The van der Waals surface area contributed by atoms with Gasteiger partial charge in [-0.2, -0.15) is 4.80 Å². The van der Waals surface area contributed by atoms with Crippen molar-refractivity contribution in [3.8, 4) is 0 Å². The van der Waals surface area contributed by atoms with Gasteiger partial charge in [0.2, 0.25) is 0 Å². The molecule has 10 heteroatoms. The molecular formula is C41H70N6O4. The third-order valence-electron chi connectivity index (χ3n) is 16.8. The van der Waals surface area contributed by atoms with Gasteiger partial charge in [0.1, 0.15) is 6.04 Å². The Labute approximate surface area is 308 Å². The minimum atomic E-state index is -0.623. The molecule has 0 aromatic carbocycles. The number of aliphatic carboxylic acids is 1. The predicted octanol–water partition coefficient (Wildman–Crippen LogP) is 7.67. The number of likely N-dealkylation sites (N-methyl/N-ethyl adjacent to an activating group) is 1. The molecule has 0 amide bonds. The third kappa shape index (κ3) is 5.73. The van der Waals surface area contributed by atoms with Gasteiger partial charge in [-0.15, -0.1) is 5.10 Å². The lowest BCUT2D eigenvalue weighted by Crippen LogP contribution is -2.69. The second-order valence-electron chi connectivity index (χ2n) is 19.7. The van der Waals surface area contributed by atoms with Crippen molar-refractivity contribution < 1.29 is 19.4 Å². The molecule has 6 rings (SSSR count). The van der Waals surface area contributed by atoms with Crippen LogP contribution in [0.4, 0.5) is 5.95 Å². The van der Waals surface area contributed by atoms with E-state index in [9.17, 15) is 9.90 Å². The summed E-state index contributed by atoms with van der Waals surface area (Å²) in [5.74, 6) is 0.541. The number of ether oxygens (including phenoxy) is 2. The summed E-state index contributed by atoms with van der Waals surface area (Å²) in [6.45, 7) is 22.7. The van der Waals surface area contributed by atoms with Gasteiger partial charge in [-0.25, -0.2) is 0 Å². The maximum absolute atomic E-state index is 13.5. The third-order valence-corrected chi connectivity index (χ3v) is 16.8. The lowest BCUT2D eigenvalue weighted by atomic mass is 9.34. The topological polar surface area (TPSA) is 129 Å². The van der Waals surface area contributed by atoms with Gasteiger partial charge < -0.3 is 25.2 Å². The number of tetrazole rings is 1. The van der Waals surface area contributed by atoms with Crippen LogP contribution in [0.2, 0.25) is 0 Å². The lowest BCUT2D eigenvalue weighted by molar-refractivity contribution is -0.255. The maximum atomic E-state index is 13.5. The first-order valence-corrected chi connectivity index (χ1v) is 20.2. The van der Waals surface area contributed by atoms with Gasteiger partial charge in [0.15, 0.2) is 0 Å². The summed E-state index contributed by atoms with van der Waals surface area (Å²) in [7, 11) is 4.34. The Morgan fingerprint density at radius 2 is 1.86 bits per heavy atom. The van der Waals surface area contributed by atoms with E-state index in [4.69, 9.17) is 15.2 Å². The molecule has 10 nitrogen and oxygen atoms in total. The molecule has 1 aromatic rings. The van der Waals surface area contributed by atoms with Crippen molar-refractivity contribution in [3.63, 3.8) is 0 Å². The average Bonchev–Trinajstić information content (AvgIpc) is 3.49. The fraction of sp³-hybridized carbons (Fsp3) is 0.902. The minimum Gasteiger partial charge on any atom is -0.481 e. The molecule has 1 aromatic heterocycles. The molecule has 4 aliphatic carbocycles. The number of rotatable bonds is 12. The number of carboxylic acid groups (broad SMARTS) is 1. The van der Waals surface area contributed by atoms with Crippen molar-refractivity contribution in [3.05, 3.63) is 11.6 Å². The molecule has 1 unspecified atom stereocenters. The number of fused-ring (bicyclic) bond motifs is 3. The summed E-state index contributed by atoms with van der Waals surface area (Å²) in [5, 5.41) is 24.4. The Morgan fingerprint density at radius 1 is 1.14 bits per heavy atom. The Morgan fingerprint density at radius 3 is 2.47 bits per heavy atom. The highest BCUT2D eigenvalue weighted by atomic mass is 16.5. The van der Waals surface area contributed by atoms with Gasteiger partial charge in [0.05, 0.1) is 31.8 Å². The van der Waals surface area contributed by atoms with Crippen LogP contribution in [-0.4, -0.2) is 81.7 Å². The maximum Gasteiger partial charge on any atom is 0.307 e. The van der Waals surface area contributed by atoms with Gasteiger partial charge in [0, 0.05) is 16.4 Å². The molecule has 2 heterocycles. The van der Waals surface area contributed by atoms with E-state index in [1.165, 1.54) is 24.8 Å². The normalized spacial score (nSPS) is 42.4. The van der Waals surface area contributed by atoms with Crippen molar-refractivity contribution in [2.24, 2.45) is 56.7 Å². The zero-order valence-electron chi connectivity index (χ0n) is 33.8. The van der Waals surface area contributed by atoms with Gasteiger partial charge in [-0.3, -0.25) is 4.79 Å². The smallest absolute Gasteiger partial charge is 0.307 e. The molecule has 0 radical (unpaired) electrons. The molecule has 3 saturated carbocycles. The van der Waals surface area contributed by atoms with Crippen LogP contribution in [0.5, 0.6) is 0 Å². The number of hydrogen-bond donors (Lipinski definition) is 2. The molecule has 51 heavy (non-hydrogen) atoms. The molecule has 288 valence electrons. The van der Waals surface area contributed by atoms with Crippen LogP contribution < -0.4 is 5.73 Å². The quantitative estimate of drug-likeness (QED) is 0.166. The largest absolute Gasteiger partial charge is 0.481 e. The van der Waals surface area contributed by atoms with Crippen LogP contribution in [0.25, 0.3) is 0 Å². The number of nitrogens with zero attached hydrogens (tertiary/aromatic N) is 5. The average molecular weight is 711 g/mol. The summed E-state index contributed by atoms with van der Waals surface area (Å²) in [5.41, 5.74) is 6.26. The van der Waals surface area contributed by atoms with E-state index in [2.05, 4.69) is 103 Å². The number of anilines is 1. The fourth-order valence-electron chi connectivity index (χ4n) is 12.9. The minimum absolute atomic E-state index is 0.110. The number of aromatic nitrogens is 4. The first-order chi connectivity index (χ1) is 23.8. The first kappa shape index (κ1) is 38.7. The number of allylic oxidation sites excluding steroid dienone is 1. The van der Waals surface area contributed by atoms with E-state index in [1.807, 2.05) is 0 Å². The van der Waals surface area contributed by atoms with E-state index < -0.39 is 11.9 Å². The van der Waals surface area contributed by atoms with E-state index >= 15 is 0 Å². The van der Waals surface area contributed by atoms with Crippen molar-refractivity contribution in [1.82, 2.24) is 25.1 Å². The summed E-state index contributed by atoms with van der Waals surface area (Å²) in [6, 6.07) is -0.156. The molecule has 1 saturated heterocycles. The van der Waals surface area contributed by atoms with Crippen molar-refractivity contribution >= 4 is 11.9 Å². The zero-order valence-corrected chi connectivity index (χ0v) is 33.8. The summed E-state index contributed by atoms with van der Waals surface area (Å²) in [6.07, 6.45) is 12.7. The predicted molar refractivity (Wildman–Crippen MR) is 201 cm³/mol. The molecule has 12 atom stereocenters. The van der Waals surface area contributed by atoms with Crippen molar-refractivity contribution in [2.45, 2.75) is 144 Å². The number of hydrogen-bond acceptors (Lipinski definition) is 8. The highest BCUT2D eigenvalue weighted by Crippen LogP contribution is 2.75. The summed E-state index contributed by atoms with van der Waals surface area (Å²) in [4.78, 5) is 17.6. The van der Waals surface area contributed by atoms with Gasteiger partial charge in [-0.05, 0) is 111 Å². The molecule has 4 fully saturated rings. The van der Waals surface area contributed by atoms with Crippen molar-refractivity contribution in [1.29, 1.82) is 0 Å². The number of unbranched alkanes of at least 4 members (excludes halogenated alkanes) is 2. The van der Waals surface area contributed by atoms with E-state index in [1.54, 1.807) is 4.80 Å². The number of nitrogens with two attached hydrogens (primary N) is 1. The first-order valence-electron chi connectivity index (χ1n) is 20.2. The van der Waals surface area contributed by atoms with E-state index in [0.29, 0.717) is 43.5 Å². The van der Waals surface area contributed by atoms with Crippen LogP contribution >= 0.6 is 0 Å². The lowest BCUT2D eigenvalue weighted by Gasteiger charge is -2.71. The number of nitrogen functional groups attached to an aromatic ring is 1. The monoisotopic (exact) mass is 711 g/mol. The molecule has 5 aliphatic rings. The second kappa shape index (κ2) is 13.4. The van der Waals surface area contributed by atoms with Crippen LogP contribution in [0.15, 0.2) is 11.6 Å². The Balaban J connectivity index is 1.41. The number of carbonyl (C=O) groups is 1. The molecule has 0 spiro atoms. The highest BCUT2D eigenvalue weighted by Gasteiger charge is 2.72. The van der Waals surface area contributed by atoms with Crippen LogP contribution in [0.3, 0.4) is 0 Å². The highest BCUT2D eigenvalue weighted by molar-refractivity contribution is 5.73. The van der Waals surface area contributed by atoms with Crippen LogP contribution in [-0.2, 0) is 14.3 Å². The number of carboxylic acids is 1. The SMILES string of the molecule is CCCCCC(C)(CO[C@H]1[C@H](n2nnc(N)n2)C[C@@]23COC[C@]1(C)[C@@H]2CC[C@H]1C3=CC[C@@]2(C)[C@H](C(=O)O)[C@@](C)([C@H](C)C(C)C)CC[C@]12C)N(C)C. The molecular weight excluding hydrogens is 640 g/mol. The summed E-state index contributed by atoms with van der Waals surface area (Å²) < 4.78 is 14.0. The molecule has 2 bridgehead atoms. The Kier molecular flexibility index (Phi) is 10.1. The van der Waals surface area contributed by atoms with E-state index in [-0.39, 0.29) is 50.7 Å². The van der Waals surface area contributed by atoms with Crippen LogP contribution in [0.1, 0.15) is 133 Å². The van der Waals surface area contributed by atoms with Gasteiger partial charge in [-0.1, -0.05) is 91.4 Å². The van der Waals surface area contributed by atoms with Gasteiger partial charge in [0.25, 0.3) is 5.95 Å². The zero-order chi connectivity index (χ0) is 37.4. The Hall–Kier alpha value is -2.04. The van der Waals surface area contributed by atoms with Crippen molar-refractivity contribution in [2.75, 3.05) is 39.6 Å². The summed E-state index contributed by atoms with van der Waals surface area (Å²) >= 11 is 0. The van der Waals surface area contributed by atoms with Gasteiger partial charge >= 0.3 is 5.97 Å². The fourth-order valence-corrected chi connectivity index (χ4v) is 12.9. The van der Waals surface area contributed by atoms with Crippen LogP contribution in [0, 0.1) is 56.7 Å². The Bertz CT molecular complexity index is 1480. The van der Waals surface area contributed by atoms with E-state index in [0.717, 1.165) is 44.9 Å². The standard InChI is InChI=1S/C41H70N6O4/c1-12-13-14-18-36(5,46(10)11)23-51-33-30(47-44-35(42)43-45-47)22-41-25-50-24-38(33,7)31(41)16-15-28-29(41)17-19-40(9)32(34(48)49)37(6,27(4)26(2)3)20-21-39(28,40)8/h17,26-28,30-33H,12-16,18-25H2,1-11H3,(H2,42,44)(H,48,49)/t27-,28+,30-,31+,32-,33+,36?,37-,38-,39-,40+,41+/m1/s1. The molecule has 1 aliphatic heterocycles.